The highest BCUT2D eigenvalue weighted by molar-refractivity contribution is 7.90. The van der Waals surface area contributed by atoms with E-state index < -0.39 is 27.8 Å². The number of likely N-dealkylation sites (tertiary alicyclic amines) is 1. The second-order valence-corrected chi connectivity index (χ2v) is 13.4. The number of benzene rings is 3. The van der Waals surface area contributed by atoms with Gasteiger partial charge >= 0.3 is 5.97 Å². The van der Waals surface area contributed by atoms with Crippen LogP contribution in [0, 0.1) is 6.92 Å². The molecule has 1 saturated heterocycles. The lowest BCUT2D eigenvalue weighted by Crippen LogP contribution is -2.42. The molecule has 8 nitrogen and oxygen atoms in total. The molecule has 1 aliphatic heterocycles. The number of nitrogens with one attached hydrogen (secondary N) is 1. The fraction of sp³-hybridized carbons (Fsp3) is 0.394. The Kier molecular flexibility index (Phi) is 10.5. The number of rotatable bonds is 13. The maximum absolute atomic E-state index is 13.5. The number of aliphatic carboxylic acids is 1. The second kappa shape index (κ2) is 14.1. The van der Waals surface area contributed by atoms with Crippen LogP contribution in [0.1, 0.15) is 46.3 Å². The molecule has 1 fully saturated rings. The van der Waals surface area contributed by atoms with Crippen molar-refractivity contribution >= 4 is 21.7 Å². The number of carboxylic acids is 1. The van der Waals surface area contributed by atoms with Crippen molar-refractivity contribution in [3.63, 3.8) is 0 Å². The van der Waals surface area contributed by atoms with E-state index in [1.165, 1.54) is 5.56 Å². The third-order valence-electron chi connectivity index (χ3n) is 7.95. The third kappa shape index (κ3) is 8.27. The van der Waals surface area contributed by atoms with E-state index in [0.29, 0.717) is 30.3 Å². The first-order valence-corrected chi connectivity index (χ1v) is 16.3. The normalized spacial score (nSPS) is 18.1. The van der Waals surface area contributed by atoms with Crippen molar-refractivity contribution in [2.45, 2.75) is 57.3 Å². The number of amides is 1. The van der Waals surface area contributed by atoms with Crippen LogP contribution in [0.5, 0.6) is 0 Å². The van der Waals surface area contributed by atoms with Crippen LogP contribution in [0.25, 0.3) is 11.1 Å². The topological polar surface area (TPSA) is 113 Å². The van der Waals surface area contributed by atoms with Crippen LogP contribution in [0.3, 0.4) is 0 Å². The number of carbonyl (C=O) groups is 2. The average Bonchev–Trinajstić information content (AvgIpc) is 3.31. The number of nitrogens with zero attached hydrogens (tertiary/aromatic N) is 1. The SMILES string of the molecule is COC[C@H]1CC[C@@H](Cc2ccccc2)N1Cc1ccc(C(=O)N[C@@H](CCS(C)(=O)=O)C(=O)O)c(-c2ccccc2C)c1. The zero-order valence-corrected chi connectivity index (χ0v) is 25.3. The highest BCUT2D eigenvalue weighted by Gasteiger charge is 2.33. The number of carbonyl (C=O) groups excluding carboxylic acids is 1. The van der Waals surface area contributed by atoms with E-state index in [-0.39, 0.29) is 18.2 Å². The molecule has 0 bridgehead atoms. The van der Waals surface area contributed by atoms with Crippen molar-refractivity contribution in [1.29, 1.82) is 0 Å². The molecule has 0 saturated carbocycles. The van der Waals surface area contributed by atoms with Gasteiger partial charge in [-0.1, -0.05) is 60.7 Å². The number of methoxy groups -OCH3 is 1. The summed E-state index contributed by atoms with van der Waals surface area (Å²) in [5.74, 6) is -2.17. The summed E-state index contributed by atoms with van der Waals surface area (Å²) in [5.41, 5.74) is 5.24. The van der Waals surface area contributed by atoms with Gasteiger partial charge in [-0.25, -0.2) is 13.2 Å². The molecule has 0 aromatic heterocycles. The molecule has 224 valence electrons. The minimum absolute atomic E-state index is 0.212. The van der Waals surface area contributed by atoms with Gasteiger partial charge in [0.1, 0.15) is 15.9 Å². The van der Waals surface area contributed by atoms with Crippen LogP contribution < -0.4 is 5.32 Å². The molecule has 42 heavy (non-hydrogen) atoms. The Morgan fingerprint density at radius 2 is 1.67 bits per heavy atom. The maximum Gasteiger partial charge on any atom is 0.326 e. The van der Waals surface area contributed by atoms with Crippen LogP contribution in [-0.2, 0) is 32.3 Å². The van der Waals surface area contributed by atoms with E-state index in [9.17, 15) is 23.1 Å². The summed E-state index contributed by atoms with van der Waals surface area (Å²) in [6.45, 7) is 3.29. The average molecular weight is 593 g/mol. The molecular formula is C33H40N2O6S. The zero-order valence-electron chi connectivity index (χ0n) is 24.5. The summed E-state index contributed by atoms with van der Waals surface area (Å²) in [4.78, 5) is 27.8. The van der Waals surface area contributed by atoms with Crippen LogP contribution >= 0.6 is 0 Å². The smallest absolute Gasteiger partial charge is 0.326 e. The van der Waals surface area contributed by atoms with Gasteiger partial charge in [0.15, 0.2) is 0 Å². The van der Waals surface area contributed by atoms with E-state index >= 15 is 0 Å². The van der Waals surface area contributed by atoms with E-state index in [0.717, 1.165) is 42.2 Å². The standard InChI is InChI=1S/C33H40N2O6S/c1-23-9-7-8-12-28(23)30-20-25(13-16-29(30)32(36)34-31(33(37)38)17-18-42(3,39)40)21-35-26(14-15-27(35)22-41-2)19-24-10-5-4-6-11-24/h4-13,16,20,26-27,31H,14-15,17-19,21-22H2,1-3H3,(H,34,36)(H,37,38)/t26-,27+,31-/m0/s1. The first-order valence-electron chi connectivity index (χ1n) is 14.2. The molecule has 0 radical (unpaired) electrons. The van der Waals surface area contributed by atoms with Gasteiger partial charge in [-0.05, 0) is 72.6 Å². The molecule has 0 aliphatic carbocycles. The Labute approximate surface area is 248 Å². The van der Waals surface area contributed by atoms with E-state index in [4.69, 9.17) is 4.74 Å². The van der Waals surface area contributed by atoms with Crippen LogP contribution in [0.2, 0.25) is 0 Å². The molecule has 1 amide bonds. The summed E-state index contributed by atoms with van der Waals surface area (Å²) >= 11 is 0. The van der Waals surface area contributed by atoms with Crippen molar-refractivity contribution in [3.05, 3.63) is 95.1 Å². The van der Waals surface area contributed by atoms with E-state index in [1.54, 1.807) is 13.2 Å². The molecule has 3 atom stereocenters. The van der Waals surface area contributed by atoms with Gasteiger partial charge in [-0.3, -0.25) is 9.69 Å². The summed E-state index contributed by atoms with van der Waals surface area (Å²) in [6, 6.07) is 23.2. The fourth-order valence-electron chi connectivity index (χ4n) is 5.77. The Balaban J connectivity index is 1.65. The quantitative estimate of drug-likeness (QED) is 0.301. The molecule has 0 spiro atoms. The largest absolute Gasteiger partial charge is 0.480 e. The highest BCUT2D eigenvalue weighted by atomic mass is 32.2. The van der Waals surface area contributed by atoms with Crippen molar-refractivity contribution < 1.29 is 27.9 Å². The molecule has 4 rings (SSSR count). The van der Waals surface area contributed by atoms with Crippen LogP contribution in [-0.4, -0.2) is 74.2 Å². The Hall–Kier alpha value is -3.53. The lowest BCUT2D eigenvalue weighted by atomic mass is 9.93. The molecule has 0 unspecified atom stereocenters. The van der Waals surface area contributed by atoms with Gasteiger partial charge in [0, 0.05) is 37.6 Å². The first-order chi connectivity index (χ1) is 20.1. The minimum Gasteiger partial charge on any atom is -0.480 e. The van der Waals surface area contributed by atoms with Crippen molar-refractivity contribution in [2.24, 2.45) is 0 Å². The summed E-state index contributed by atoms with van der Waals surface area (Å²) < 4.78 is 28.9. The number of ether oxygens (including phenoxy) is 1. The Morgan fingerprint density at radius 3 is 2.33 bits per heavy atom. The zero-order chi connectivity index (χ0) is 30.3. The van der Waals surface area contributed by atoms with E-state index in [2.05, 4.69) is 34.5 Å². The van der Waals surface area contributed by atoms with Gasteiger partial charge in [0.05, 0.1) is 12.4 Å². The first kappa shape index (κ1) is 31.4. The van der Waals surface area contributed by atoms with Crippen molar-refractivity contribution in [3.8, 4) is 11.1 Å². The van der Waals surface area contributed by atoms with Crippen molar-refractivity contribution in [2.75, 3.05) is 25.7 Å². The summed E-state index contributed by atoms with van der Waals surface area (Å²) in [6.07, 6.45) is 3.88. The molecule has 2 N–H and O–H groups in total. The number of carboxylic acid groups (broad SMARTS) is 1. The number of sulfone groups is 1. The molecule has 1 aliphatic rings. The summed E-state index contributed by atoms with van der Waals surface area (Å²) in [7, 11) is -1.66. The Bertz CT molecular complexity index is 1490. The van der Waals surface area contributed by atoms with Crippen LogP contribution in [0.15, 0.2) is 72.8 Å². The lowest BCUT2D eigenvalue weighted by Gasteiger charge is -2.30. The fourth-order valence-corrected chi connectivity index (χ4v) is 6.44. The lowest BCUT2D eigenvalue weighted by molar-refractivity contribution is -0.139. The van der Waals surface area contributed by atoms with Gasteiger partial charge in [-0.2, -0.15) is 0 Å². The van der Waals surface area contributed by atoms with Crippen LogP contribution in [0.4, 0.5) is 0 Å². The number of aryl methyl sites for hydroxylation is 1. The number of hydrogen-bond acceptors (Lipinski definition) is 6. The van der Waals surface area contributed by atoms with Gasteiger partial charge in [0.2, 0.25) is 0 Å². The predicted octanol–water partition coefficient (Wildman–Crippen LogP) is 4.50. The maximum atomic E-state index is 13.5. The minimum atomic E-state index is -3.39. The molecule has 3 aromatic rings. The summed E-state index contributed by atoms with van der Waals surface area (Å²) in [5, 5.41) is 12.2. The van der Waals surface area contributed by atoms with Gasteiger partial charge < -0.3 is 15.2 Å². The number of hydrogen-bond donors (Lipinski definition) is 2. The monoisotopic (exact) mass is 592 g/mol. The van der Waals surface area contributed by atoms with Gasteiger partial charge in [-0.15, -0.1) is 0 Å². The van der Waals surface area contributed by atoms with Crippen molar-refractivity contribution in [1.82, 2.24) is 10.2 Å². The molecule has 3 aromatic carbocycles. The molecule has 1 heterocycles. The molecular weight excluding hydrogens is 552 g/mol. The third-order valence-corrected chi connectivity index (χ3v) is 8.93. The Morgan fingerprint density at radius 1 is 0.976 bits per heavy atom. The van der Waals surface area contributed by atoms with E-state index in [1.807, 2.05) is 49.4 Å². The highest BCUT2D eigenvalue weighted by Crippen LogP contribution is 2.32. The predicted molar refractivity (Wildman–Crippen MR) is 164 cm³/mol. The second-order valence-electron chi connectivity index (χ2n) is 11.2. The molecule has 9 heteroatoms. The van der Waals surface area contributed by atoms with Gasteiger partial charge in [0.25, 0.3) is 5.91 Å².